The summed E-state index contributed by atoms with van der Waals surface area (Å²) in [6.45, 7) is 1.83. The average Bonchev–Trinajstić information content (AvgIpc) is 2.67. The number of nitrogens with zero attached hydrogens (tertiary/aromatic N) is 1. The number of hydrogen-bond donors (Lipinski definition) is 2. The van der Waals surface area contributed by atoms with Crippen molar-refractivity contribution in [3.8, 4) is 0 Å². The van der Waals surface area contributed by atoms with Crippen molar-refractivity contribution >= 4 is 29.6 Å². The molecule has 1 saturated heterocycles. The number of rotatable bonds is 4. The minimum absolute atomic E-state index is 0.139. The fourth-order valence-electron chi connectivity index (χ4n) is 1.58. The lowest BCUT2D eigenvalue weighted by Crippen LogP contribution is -2.44. The van der Waals surface area contributed by atoms with Crippen LogP contribution in [-0.4, -0.2) is 35.2 Å². The van der Waals surface area contributed by atoms with E-state index in [0.717, 1.165) is 15.5 Å². The summed E-state index contributed by atoms with van der Waals surface area (Å²) in [6.07, 6.45) is 0. The third-order valence-corrected chi connectivity index (χ3v) is 3.68. The molecule has 0 unspecified atom stereocenters. The maximum Gasteiger partial charge on any atom is 0.343 e. The summed E-state index contributed by atoms with van der Waals surface area (Å²) in [5.74, 6) is -0.557. The molecule has 0 aromatic heterocycles. The van der Waals surface area contributed by atoms with E-state index in [-0.39, 0.29) is 18.2 Å². The van der Waals surface area contributed by atoms with Crippen LogP contribution in [0.25, 0.3) is 0 Å². The minimum Gasteiger partial charge on any atom is -0.275 e. The van der Waals surface area contributed by atoms with E-state index in [1.54, 1.807) is 0 Å². The first-order valence-corrected chi connectivity index (χ1v) is 6.64. The Labute approximate surface area is 114 Å². The normalized spacial score (nSPS) is 14.5. The summed E-state index contributed by atoms with van der Waals surface area (Å²) in [6, 6.07) is 7.13. The van der Waals surface area contributed by atoms with E-state index in [9.17, 15) is 14.4 Å². The Hall–Kier alpha value is -2.02. The molecule has 0 aliphatic carbocycles. The van der Waals surface area contributed by atoms with Gasteiger partial charge in [0.1, 0.15) is 6.54 Å². The number of nitrogens with one attached hydrogen (secondary N) is 2. The van der Waals surface area contributed by atoms with E-state index >= 15 is 0 Å². The lowest BCUT2D eigenvalue weighted by molar-refractivity contribution is -0.122. The molecule has 6 nitrogen and oxygen atoms in total. The Morgan fingerprint density at radius 1 is 1.42 bits per heavy atom. The largest absolute Gasteiger partial charge is 0.343 e. The van der Waals surface area contributed by atoms with Gasteiger partial charge in [-0.2, -0.15) is 0 Å². The Morgan fingerprint density at radius 2 is 2.16 bits per heavy atom. The molecule has 1 aromatic rings. The molecule has 7 heteroatoms. The molecule has 4 amide bonds. The molecular formula is C12H13N3O3S. The SMILES string of the molecule is Cc1ccccc1SCC(=O)NN1CC(=O)NC1=O. The van der Waals surface area contributed by atoms with E-state index in [1.165, 1.54) is 11.8 Å². The molecule has 1 aliphatic heterocycles. The van der Waals surface area contributed by atoms with Crippen LogP contribution in [0.1, 0.15) is 5.56 Å². The highest BCUT2D eigenvalue weighted by molar-refractivity contribution is 8.00. The van der Waals surface area contributed by atoms with Gasteiger partial charge in [0.05, 0.1) is 5.75 Å². The number of carbonyl (C=O) groups excluding carboxylic acids is 3. The third kappa shape index (κ3) is 3.47. The number of thioether (sulfide) groups is 1. The van der Waals surface area contributed by atoms with Crippen LogP contribution in [0.15, 0.2) is 29.2 Å². The molecule has 19 heavy (non-hydrogen) atoms. The number of hydrazine groups is 1. The molecule has 2 rings (SSSR count). The molecule has 2 N–H and O–H groups in total. The number of urea groups is 1. The second kappa shape index (κ2) is 5.75. The van der Waals surface area contributed by atoms with Gasteiger partial charge in [-0.1, -0.05) is 18.2 Å². The van der Waals surface area contributed by atoms with Gasteiger partial charge in [-0.3, -0.25) is 20.3 Å². The molecule has 0 spiro atoms. The predicted octanol–water partition coefficient (Wildman–Crippen LogP) is 0.670. The van der Waals surface area contributed by atoms with Crippen LogP contribution in [0, 0.1) is 6.92 Å². The van der Waals surface area contributed by atoms with Gasteiger partial charge < -0.3 is 0 Å². The standard InChI is InChI=1S/C12H13N3O3S/c1-8-4-2-3-5-9(8)19-7-11(17)14-15-6-10(16)13-12(15)18/h2-5H,6-7H2,1H3,(H,14,17)(H,13,16,18). The summed E-state index contributed by atoms with van der Waals surface area (Å²) < 4.78 is 0. The molecule has 0 radical (unpaired) electrons. The molecule has 0 atom stereocenters. The first kappa shape index (κ1) is 13.4. The van der Waals surface area contributed by atoms with Crippen molar-refractivity contribution in [2.75, 3.05) is 12.3 Å². The van der Waals surface area contributed by atoms with Gasteiger partial charge in [-0.25, -0.2) is 9.80 Å². The lowest BCUT2D eigenvalue weighted by Gasteiger charge is -2.14. The minimum atomic E-state index is -0.598. The molecule has 1 aliphatic rings. The highest BCUT2D eigenvalue weighted by Crippen LogP contribution is 2.21. The van der Waals surface area contributed by atoms with Crippen molar-refractivity contribution in [1.29, 1.82) is 0 Å². The number of aryl methyl sites for hydroxylation is 1. The summed E-state index contributed by atoms with van der Waals surface area (Å²) in [7, 11) is 0. The lowest BCUT2D eigenvalue weighted by atomic mass is 10.2. The van der Waals surface area contributed by atoms with Crippen LogP contribution < -0.4 is 10.7 Å². The van der Waals surface area contributed by atoms with Crippen LogP contribution in [0.5, 0.6) is 0 Å². The number of amides is 4. The number of imide groups is 1. The van der Waals surface area contributed by atoms with E-state index in [1.807, 2.05) is 31.2 Å². The van der Waals surface area contributed by atoms with Crippen LogP contribution in [0.4, 0.5) is 4.79 Å². The van der Waals surface area contributed by atoms with Gasteiger partial charge in [-0.15, -0.1) is 11.8 Å². The average molecular weight is 279 g/mol. The first-order chi connectivity index (χ1) is 9.06. The first-order valence-electron chi connectivity index (χ1n) is 5.65. The zero-order valence-corrected chi connectivity index (χ0v) is 11.1. The summed E-state index contributed by atoms with van der Waals surface area (Å²) in [5, 5.41) is 3.06. The fraction of sp³-hybridized carbons (Fsp3) is 0.250. The van der Waals surface area contributed by atoms with Crippen molar-refractivity contribution in [1.82, 2.24) is 15.8 Å². The molecule has 1 heterocycles. The molecule has 0 saturated carbocycles. The zero-order chi connectivity index (χ0) is 13.8. The number of hydrogen-bond acceptors (Lipinski definition) is 4. The van der Waals surface area contributed by atoms with Crippen molar-refractivity contribution in [3.05, 3.63) is 29.8 Å². The van der Waals surface area contributed by atoms with Gasteiger partial charge in [0.25, 0.3) is 0 Å². The molecule has 100 valence electrons. The maximum atomic E-state index is 11.7. The van der Waals surface area contributed by atoms with Crippen LogP contribution in [-0.2, 0) is 9.59 Å². The highest BCUT2D eigenvalue weighted by atomic mass is 32.2. The van der Waals surface area contributed by atoms with Crippen LogP contribution >= 0.6 is 11.8 Å². The number of benzene rings is 1. The Balaban J connectivity index is 1.84. The molecule has 1 aromatic carbocycles. The fourth-order valence-corrected chi connectivity index (χ4v) is 2.40. The van der Waals surface area contributed by atoms with Gasteiger partial charge in [0, 0.05) is 4.90 Å². The quantitative estimate of drug-likeness (QED) is 0.627. The van der Waals surface area contributed by atoms with Gasteiger partial charge >= 0.3 is 6.03 Å². The summed E-state index contributed by atoms with van der Waals surface area (Å²) >= 11 is 1.39. The van der Waals surface area contributed by atoms with Gasteiger partial charge in [0.15, 0.2) is 0 Å². The predicted molar refractivity (Wildman–Crippen MR) is 70.3 cm³/mol. The summed E-state index contributed by atoms with van der Waals surface area (Å²) in [5.41, 5.74) is 3.48. The molecule has 0 bridgehead atoms. The van der Waals surface area contributed by atoms with Crippen molar-refractivity contribution in [3.63, 3.8) is 0 Å². The Kier molecular flexibility index (Phi) is 4.06. The van der Waals surface area contributed by atoms with Crippen molar-refractivity contribution < 1.29 is 14.4 Å². The number of carbonyl (C=O) groups is 3. The smallest absolute Gasteiger partial charge is 0.275 e. The summed E-state index contributed by atoms with van der Waals surface area (Å²) in [4.78, 5) is 34.8. The topological polar surface area (TPSA) is 78.5 Å². The molecule has 1 fully saturated rings. The Morgan fingerprint density at radius 3 is 2.79 bits per heavy atom. The zero-order valence-electron chi connectivity index (χ0n) is 10.3. The van der Waals surface area contributed by atoms with E-state index < -0.39 is 11.9 Å². The second-order valence-electron chi connectivity index (χ2n) is 4.03. The van der Waals surface area contributed by atoms with Crippen LogP contribution in [0.2, 0.25) is 0 Å². The van der Waals surface area contributed by atoms with Crippen molar-refractivity contribution in [2.24, 2.45) is 0 Å². The van der Waals surface area contributed by atoms with E-state index in [0.29, 0.717) is 0 Å². The van der Waals surface area contributed by atoms with E-state index in [2.05, 4.69) is 10.7 Å². The van der Waals surface area contributed by atoms with Gasteiger partial charge in [-0.05, 0) is 18.6 Å². The monoisotopic (exact) mass is 279 g/mol. The van der Waals surface area contributed by atoms with Gasteiger partial charge in [0.2, 0.25) is 11.8 Å². The maximum absolute atomic E-state index is 11.7. The van der Waals surface area contributed by atoms with Crippen LogP contribution in [0.3, 0.4) is 0 Å². The molecular weight excluding hydrogens is 266 g/mol. The second-order valence-corrected chi connectivity index (χ2v) is 5.05. The highest BCUT2D eigenvalue weighted by Gasteiger charge is 2.27. The van der Waals surface area contributed by atoms with Crippen molar-refractivity contribution in [2.45, 2.75) is 11.8 Å². The Bertz CT molecular complexity index is 533. The third-order valence-electron chi connectivity index (χ3n) is 2.51. The van der Waals surface area contributed by atoms with E-state index in [4.69, 9.17) is 0 Å².